The van der Waals surface area contributed by atoms with Crippen molar-refractivity contribution in [1.29, 1.82) is 0 Å². The van der Waals surface area contributed by atoms with Gasteiger partial charge in [0, 0.05) is 12.0 Å². The summed E-state index contributed by atoms with van der Waals surface area (Å²) in [6.45, 7) is 6.64. The lowest BCUT2D eigenvalue weighted by molar-refractivity contribution is -0.122. The molecule has 0 spiro atoms. The first-order chi connectivity index (χ1) is 18.0. The number of hydrogen-bond donors (Lipinski definition) is 1. The zero-order chi connectivity index (χ0) is 29.3. The molecule has 2 N–H and O–H groups in total. The van der Waals surface area contributed by atoms with Gasteiger partial charge in [0.15, 0.2) is 5.75 Å². The van der Waals surface area contributed by atoms with Gasteiger partial charge in [-0.3, -0.25) is 4.79 Å². The fraction of sp³-hybridized carbons (Fsp3) is 0.625. The molecule has 0 radical (unpaired) electrons. The summed E-state index contributed by atoms with van der Waals surface area (Å²) in [5.74, 6) is -1.09. The third-order valence-corrected chi connectivity index (χ3v) is 8.53. The Morgan fingerprint density at radius 2 is 1.72 bits per heavy atom. The number of nitrogens with two attached hydrogens (primary N) is 1. The Balaban J connectivity index is 1.64. The maximum Gasteiger partial charge on any atom is 0.421 e. The number of hydrogen-bond acceptors (Lipinski definition) is 10. The summed E-state index contributed by atoms with van der Waals surface area (Å²) in [6.07, 6.45) is 0.650. The van der Waals surface area contributed by atoms with Crippen molar-refractivity contribution < 1.29 is 45.5 Å². The molecular formula is C24H34ClN3O10S. The Bertz CT molecular complexity index is 1240. The standard InChI is InChI=1S/C24H34ClN3O10S/c1-23(2,12-36-21(30)18-17(34-5)10-8-15(25)19(18)35-6)24(3,4)13-37-39(32,33)38-28-14-7-9-16(20(26)29)27(11-14)22(28)31/h8,10,14,16H,7,9,11-13H2,1-6H3,(H2,26,29). The highest BCUT2D eigenvalue weighted by atomic mass is 35.5. The van der Waals surface area contributed by atoms with Crippen molar-refractivity contribution in [2.45, 2.75) is 52.6 Å². The molecule has 3 amide bonds. The van der Waals surface area contributed by atoms with Crippen LogP contribution >= 0.6 is 11.6 Å². The number of benzene rings is 1. The molecule has 13 nitrogen and oxygen atoms in total. The minimum Gasteiger partial charge on any atom is -0.496 e. The second-order valence-electron chi connectivity index (χ2n) is 10.7. The number of fused-ring (bicyclic) bond motifs is 2. The van der Waals surface area contributed by atoms with Crippen LogP contribution in [0.25, 0.3) is 0 Å². The average molecular weight is 592 g/mol. The quantitative estimate of drug-likeness (QED) is 0.357. The molecule has 2 fully saturated rings. The number of amides is 3. The van der Waals surface area contributed by atoms with E-state index < -0.39 is 51.2 Å². The molecule has 15 heteroatoms. The van der Waals surface area contributed by atoms with Gasteiger partial charge in [0.1, 0.15) is 17.4 Å². The normalized spacial score (nSPS) is 19.7. The van der Waals surface area contributed by atoms with Gasteiger partial charge in [-0.25, -0.2) is 13.8 Å². The van der Waals surface area contributed by atoms with Gasteiger partial charge < -0.3 is 24.8 Å². The Hall–Kier alpha value is -2.81. The number of halogens is 1. The van der Waals surface area contributed by atoms with Crippen LogP contribution < -0.4 is 15.2 Å². The highest BCUT2D eigenvalue weighted by molar-refractivity contribution is 7.81. The van der Waals surface area contributed by atoms with Crippen molar-refractivity contribution in [3.05, 3.63) is 22.7 Å². The molecule has 2 aliphatic rings. The summed E-state index contributed by atoms with van der Waals surface area (Å²) < 4.78 is 51.5. The zero-order valence-electron chi connectivity index (χ0n) is 22.7. The van der Waals surface area contributed by atoms with E-state index in [9.17, 15) is 22.8 Å². The molecule has 0 aliphatic carbocycles. The number of ether oxygens (including phenoxy) is 3. The number of hydroxylamine groups is 2. The van der Waals surface area contributed by atoms with Gasteiger partial charge in [-0.2, -0.15) is 13.5 Å². The lowest BCUT2D eigenvalue weighted by Gasteiger charge is -2.40. The highest BCUT2D eigenvalue weighted by Gasteiger charge is 2.49. The Morgan fingerprint density at radius 1 is 1.08 bits per heavy atom. The van der Waals surface area contributed by atoms with Gasteiger partial charge in [0.05, 0.1) is 38.5 Å². The lowest BCUT2D eigenvalue weighted by Crippen LogP contribution is -2.47. The van der Waals surface area contributed by atoms with Crippen LogP contribution in [0.1, 0.15) is 50.9 Å². The van der Waals surface area contributed by atoms with Crippen molar-refractivity contribution in [2.24, 2.45) is 16.6 Å². The van der Waals surface area contributed by atoms with E-state index in [0.29, 0.717) is 17.9 Å². The van der Waals surface area contributed by atoms with Crippen LogP contribution in [0.4, 0.5) is 4.79 Å². The van der Waals surface area contributed by atoms with Crippen LogP contribution in [0.2, 0.25) is 5.02 Å². The SMILES string of the molecule is COc1ccc(Cl)c(OC)c1C(=O)OCC(C)(C)C(C)(C)COS(=O)(=O)ON1C(=O)N2CC1CCC2C(N)=O. The highest BCUT2D eigenvalue weighted by Crippen LogP contribution is 2.41. The van der Waals surface area contributed by atoms with Crippen LogP contribution in [0, 0.1) is 10.8 Å². The number of carbonyl (C=O) groups excluding carboxylic acids is 3. The number of esters is 1. The molecule has 1 aromatic carbocycles. The summed E-state index contributed by atoms with van der Waals surface area (Å²) in [5, 5.41) is 0.912. The summed E-state index contributed by atoms with van der Waals surface area (Å²) in [4.78, 5) is 38.4. The number of piperidine rings is 1. The largest absolute Gasteiger partial charge is 0.496 e. The van der Waals surface area contributed by atoms with Crippen molar-refractivity contribution in [2.75, 3.05) is 34.0 Å². The second kappa shape index (κ2) is 11.4. The van der Waals surface area contributed by atoms with Crippen molar-refractivity contribution in [3.63, 3.8) is 0 Å². The van der Waals surface area contributed by atoms with Crippen LogP contribution in [-0.2, 0) is 28.4 Å². The van der Waals surface area contributed by atoms with Gasteiger partial charge in [-0.15, -0.1) is 4.28 Å². The molecule has 2 aliphatic heterocycles. The number of carbonyl (C=O) groups is 3. The van der Waals surface area contributed by atoms with E-state index >= 15 is 0 Å². The van der Waals surface area contributed by atoms with E-state index in [1.807, 2.05) is 0 Å². The third-order valence-electron chi connectivity index (χ3n) is 7.48. The summed E-state index contributed by atoms with van der Waals surface area (Å²) in [6, 6.07) is 0.890. The number of rotatable bonds is 12. The van der Waals surface area contributed by atoms with Gasteiger partial charge in [0.25, 0.3) is 0 Å². The van der Waals surface area contributed by atoms with E-state index in [2.05, 4.69) is 0 Å². The molecule has 0 saturated carbocycles. The molecule has 3 rings (SSSR count). The van der Waals surface area contributed by atoms with E-state index in [-0.39, 0.29) is 41.8 Å². The van der Waals surface area contributed by atoms with E-state index in [0.717, 1.165) is 0 Å². The van der Waals surface area contributed by atoms with Crippen molar-refractivity contribution in [3.8, 4) is 11.5 Å². The second-order valence-corrected chi connectivity index (χ2v) is 12.3. The molecule has 39 heavy (non-hydrogen) atoms. The molecule has 2 unspecified atom stereocenters. The van der Waals surface area contributed by atoms with E-state index in [1.165, 1.54) is 31.3 Å². The van der Waals surface area contributed by atoms with E-state index in [1.54, 1.807) is 27.7 Å². The van der Waals surface area contributed by atoms with Crippen LogP contribution in [0.3, 0.4) is 0 Å². The molecule has 218 valence electrons. The first-order valence-electron chi connectivity index (χ1n) is 12.1. The minimum absolute atomic E-state index is 0.0168. The molecule has 2 saturated heterocycles. The monoisotopic (exact) mass is 591 g/mol. The van der Waals surface area contributed by atoms with Crippen LogP contribution in [0.5, 0.6) is 11.5 Å². The van der Waals surface area contributed by atoms with Gasteiger partial charge >= 0.3 is 22.4 Å². The number of methoxy groups -OCH3 is 2. The number of urea groups is 1. The molecule has 2 bridgehead atoms. The van der Waals surface area contributed by atoms with Gasteiger partial charge in [-0.05, 0) is 30.4 Å². The fourth-order valence-corrected chi connectivity index (χ4v) is 5.28. The summed E-state index contributed by atoms with van der Waals surface area (Å²) >= 11 is 6.15. The van der Waals surface area contributed by atoms with Crippen molar-refractivity contribution >= 4 is 39.9 Å². The topological polar surface area (TPSA) is 164 Å². The lowest BCUT2D eigenvalue weighted by atomic mass is 9.69. The predicted molar refractivity (Wildman–Crippen MR) is 138 cm³/mol. The first kappa shape index (κ1) is 30.7. The maximum absolute atomic E-state index is 13.0. The predicted octanol–water partition coefficient (Wildman–Crippen LogP) is 2.51. The summed E-state index contributed by atoms with van der Waals surface area (Å²) in [5.41, 5.74) is 3.68. The van der Waals surface area contributed by atoms with Gasteiger partial charge in [0.2, 0.25) is 5.91 Å². The smallest absolute Gasteiger partial charge is 0.421 e. The molecular weight excluding hydrogens is 558 g/mol. The zero-order valence-corrected chi connectivity index (χ0v) is 24.3. The molecule has 2 atom stereocenters. The third kappa shape index (κ3) is 6.34. The Labute approximate surface area is 232 Å². The van der Waals surface area contributed by atoms with E-state index in [4.69, 9.17) is 40.0 Å². The number of primary amides is 1. The van der Waals surface area contributed by atoms with Crippen molar-refractivity contribution in [1.82, 2.24) is 9.96 Å². The molecule has 0 aromatic heterocycles. The van der Waals surface area contributed by atoms with Crippen LogP contribution in [-0.4, -0.2) is 82.4 Å². The Morgan fingerprint density at radius 3 is 2.31 bits per heavy atom. The summed E-state index contributed by atoms with van der Waals surface area (Å²) in [7, 11) is -1.91. The average Bonchev–Trinajstić information content (AvgIpc) is 3.09. The molecule has 2 heterocycles. The Kier molecular flexibility index (Phi) is 8.95. The number of nitrogens with zero attached hydrogens (tertiary/aromatic N) is 2. The molecule has 1 aromatic rings. The maximum atomic E-state index is 13.0. The fourth-order valence-electron chi connectivity index (χ4n) is 4.18. The van der Waals surface area contributed by atoms with Crippen LogP contribution in [0.15, 0.2) is 12.1 Å². The van der Waals surface area contributed by atoms with Gasteiger partial charge in [-0.1, -0.05) is 39.3 Å². The minimum atomic E-state index is -4.66. The first-order valence-corrected chi connectivity index (χ1v) is 13.8.